The smallest absolute Gasteiger partial charge is 0.371 e. The number of esters is 1. The van der Waals surface area contributed by atoms with Gasteiger partial charge in [-0.25, -0.2) is 4.79 Å². The molecule has 103 valence electrons. The van der Waals surface area contributed by atoms with Crippen molar-refractivity contribution in [3.8, 4) is 0 Å². The van der Waals surface area contributed by atoms with Crippen molar-refractivity contribution in [1.29, 1.82) is 0 Å². The van der Waals surface area contributed by atoms with Gasteiger partial charge in [-0.15, -0.1) is 0 Å². The van der Waals surface area contributed by atoms with E-state index in [1.807, 2.05) is 30.3 Å². The van der Waals surface area contributed by atoms with Crippen LogP contribution in [-0.2, 0) is 25.7 Å². The van der Waals surface area contributed by atoms with Gasteiger partial charge in [0.25, 0.3) is 5.72 Å². The normalized spacial score (nSPS) is 20.2. The molecule has 0 aliphatic carbocycles. The quantitative estimate of drug-likeness (QED) is 0.789. The number of hydrogen-bond donors (Lipinski definition) is 1. The van der Waals surface area contributed by atoms with E-state index >= 15 is 0 Å². The molecule has 1 aliphatic rings. The van der Waals surface area contributed by atoms with Crippen LogP contribution in [0.5, 0.6) is 0 Å². The third-order valence-corrected chi connectivity index (χ3v) is 2.71. The van der Waals surface area contributed by atoms with E-state index in [0.717, 1.165) is 5.56 Å². The van der Waals surface area contributed by atoms with Crippen molar-refractivity contribution in [3.05, 3.63) is 60.4 Å². The van der Waals surface area contributed by atoms with Gasteiger partial charge in [0.15, 0.2) is 0 Å². The first kappa shape index (κ1) is 14.0. The van der Waals surface area contributed by atoms with Gasteiger partial charge in [0.1, 0.15) is 6.61 Å². The Kier molecular flexibility index (Phi) is 4.68. The van der Waals surface area contributed by atoms with Crippen LogP contribution in [0.3, 0.4) is 0 Å². The summed E-state index contributed by atoms with van der Waals surface area (Å²) in [6, 6.07) is 9.30. The minimum atomic E-state index is -1.47. The second-order valence-electron chi connectivity index (χ2n) is 4.10. The van der Waals surface area contributed by atoms with Crippen LogP contribution in [0.15, 0.2) is 54.8 Å². The summed E-state index contributed by atoms with van der Waals surface area (Å²) < 4.78 is 10.5. The number of hydrogen-bond acceptors (Lipinski definition) is 5. The third-order valence-electron chi connectivity index (χ3n) is 2.71. The highest BCUT2D eigenvalue weighted by molar-refractivity contribution is 5.82. The molecule has 0 saturated heterocycles. The molecule has 20 heavy (non-hydrogen) atoms. The Morgan fingerprint density at radius 1 is 1.30 bits per heavy atom. The van der Waals surface area contributed by atoms with Gasteiger partial charge in [-0.1, -0.05) is 36.4 Å². The van der Waals surface area contributed by atoms with Crippen molar-refractivity contribution in [2.45, 2.75) is 12.3 Å². The molecule has 0 aromatic heterocycles. The van der Waals surface area contributed by atoms with Crippen molar-refractivity contribution < 1.29 is 19.1 Å². The molecular formula is C15H14NO4. The van der Waals surface area contributed by atoms with Gasteiger partial charge in [0.2, 0.25) is 6.29 Å². The summed E-state index contributed by atoms with van der Waals surface area (Å²) in [4.78, 5) is 22.5. The number of carbonyl (C=O) groups is 1. The van der Waals surface area contributed by atoms with E-state index in [1.165, 1.54) is 12.3 Å². The van der Waals surface area contributed by atoms with Gasteiger partial charge in [-0.05, 0) is 17.7 Å². The van der Waals surface area contributed by atoms with Crippen LogP contribution in [0.25, 0.3) is 0 Å². The van der Waals surface area contributed by atoms with Crippen molar-refractivity contribution in [1.82, 2.24) is 5.32 Å². The van der Waals surface area contributed by atoms with Gasteiger partial charge >= 0.3 is 5.97 Å². The molecule has 1 unspecified atom stereocenters. The van der Waals surface area contributed by atoms with Crippen LogP contribution < -0.4 is 5.32 Å². The Labute approximate surface area is 116 Å². The first-order chi connectivity index (χ1) is 9.77. The number of ether oxygens (including phenoxy) is 2. The number of carbonyl (C=O) groups excluding carboxylic acids is 2. The second kappa shape index (κ2) is 6.68. The Bertz CT molecular complexity index is 524. The maximum Gasteiger partial charge on any atom is 0.371 e. The predicted molar refractivity (Wildman–Crippen MR) is 72.0 cm³/mol. The Morgan fingerprint density at radius 3 is 2.75 bits per heavy atom. The lowest BCUT2D eigenvalue weighted by Crippen LogP contribution is -2.53. The fourth-order valence-corrected chi connectivity index (χ4v) is 1.71. The lowest BCUT2D eigenvalue weighted by Gasteiger charge is -2.29. The molecule has 1 radical (unpaired) electrons. The van der Waals surface area contributed by atoms with Crippen LogP contribution in [0.1, 0.15) is 5.56 Å². The monoisotopic (exact) mass is 272 g/mol. The number of allylic oxidation sites excluding steroid dienone is 2. The zero-order valence-corrected chi connectivity index (χ0v) is 10.7. The number of benzene rings is 1. The minimum Gasteiger partial charge on any atom is -0.465 e. The third kappa shape index (κ3) is 3.33. The molecule has 0 saturated carbocycles. The Hall–Kier alpha value is -2.40. The van der Waals surface area contributed by atoms with Crippen LogP contribution in [0, 0.1) is 0 Å². The van der Waals surface area contributed by atoms with Crippen molar-refractivity contribution >= 4 is 12.3 Å². The highest BCUT2D eigenvalue weighted by Crippen LogP contribution is 2.17. The van der Waals surface area contributed by atoms with E-state index in [9.17, 15) is 9.59 Å². The van der Waals surface area contributed by atoms with E-state index in [4.69, 9.17) is 9.47 Å². The first-order valence-electron chi connectivity index (χ1n) is 6.10. The van der Waals surface area contributed by atoms with Gasteiger partial charge < -0.3 is 9.47 Å². The molecule has 2 rings (SSSR count). The van der Waals surface area contributed by atoms with Crippen LogP contribution >= 0.6 is 0 Å². The largest absolute Gasteiger partial charge is 0.465 e. The summed E-state index contributed by atoms with van der Waals surface area (Å²) in [6.07, 6.45) is 7.80. The van der Waals surface area contributed by atoms with Crippen LogP contribution in [0.2, 0.25) is 0 Å². The fourth-order valence-electron chi connectivity index (χ4n) is 1.71. The molecule has 1 aromatic carbocycles. The predicted octanol–water partition coefficient (Wildman–Crippen LogP) is 1.23. The summed E-state index contributed by atoms with van der Waals surface area (Å²) in [7, 11) is 0. The summed E-state index contributed by atoms with van der Waals surface area (Å²) in [5, 5.41) is 2.66. The average Bonchev–Trinajstić information content (AvgIpc) is 2.52. The lowest BCUT2D eigenvalue weighted by molar-refractivity contribution is -0.165. The van der Waals surface area contributed by atoms with Crippen molar-refractivity contribution in [2.75, 3.05) is 6.54 Å². The standard InChI is InChI=1S/C15H14NO4/c17-10-9-16-15(8-4-5-11-20-15)14(18)19-12-13-6-2-1-3-7-13/h1-8,11,16H,9,12H2. The zero-order valence-electron chi connectivity index (χ0n) is 10.7. The van der Waals surface area contributed by atoms with Gasteiger partial charge in [0.05, 0.1) is 12.8 Å². The molecule has 5 heteroatoms. The van der Waals surface area contributed by atoms with Crippen LogP contribution in [-0.4, -0.2) is 24.5 Å². The topological polar surface area (TPSA) is 64.6 Å². The molecular weight excluding hydrogens is 258 g/mol. The van der Waals surface area contributed by atoms with Crippen LogP contribution in [0.4, 0.5) is 0 Å². The van der Waals surface area contributed by atoms with Crippen molar-refractivity contribution in [2.24, 2.45) is 0 Å². The fraction of sp³-hybridized carbons (Fsp3) is 0.200. The van der Waals surface area contributed by atoms with Gasteiger partial charge in [0, 0.05) is 0 Å². The molecule has 0 bridgehead atoms. The summed E-state index contributed by atoms with van der Waals surface area (Å²) >= 11 is 0. The number of rotatable bonds is 6. The number of nitrogens with one attached hydrogen (secondary N) is 1. The molecule has 1 atom stereocenters. The zero-order chi connectivity index (χ0) is 14.3. The molecule has 1 aliphatic heterocycles. The SMILES string of the molecule is O=[C]CNC1(C(=O)OCc2ccccc2)C=CC=CO1. The van der Waals surface area contributed by atoms with E-state index in [2.05, 4.69) is 5.32 Å². The van der Waals surface area contributed by atoms with Gasteiger partial charge in [-0.2, -0.15) is 0 Å². The van der Waals surface area contributed by atoms with E-state index in [0.29, 0.717) is 0 Å². The molecule has 1 aromatic rings. The molecule has 0 fully saturated rings. The molecule has 1 heterocycles. The lowest BCUT2D eigenvalue weighted by atomic mass is 10.1. The van der Waals surface area contributed by atoms with E-state index in [-0.39, 0.29) is 13.2 Å². The summed E-state index contributed by atoms with van der Waals surface area (Å²) in [6.45, 7) is -0.00651. The summed E-state index contributed by atoms with van der Waals surface area (Å²) in [5.74, 6) is -0.614. The maximum atomic E-state index is 12.2. The molecule has 0 amide bonds. The Morgan fingerprint density at radius 2 is 2.10 bits per heavy atom. The molecule has 1 N–H and O–H groups in total. The van der Waals surface area contributed by atoms with Crippen molar-refractivity contribution in [3.63, 3.8) is 0 Å². The molecule has 0 spiro atoms. The average molecular weight is 272 g/mol. The van der Waals surface area contributed by atoms with E-state index < -0.39 is 11.7 Å². The second-order valence-corrected chi connectivity index (χ2v) is 4.10. The Balaban J connectivity index is 2.02. The highest BCUT2D eigenvalue weighted by atomic mass is 16.6. The van der Waals surface area contributed by atoms with Gasteiger partial charge in [-0.3, -0.25) is 10.1 Å². The summed E-state index contributed by atoms with van der Waals surface area (Å²) in [5.41, 5.74) is -0.603. The first-order valence-corrected chi connectivity index (χ1v) is 6.10. The minimum absolute atomic E-state index is 0.134. The van der Waals surface area contributed by atoms with E-state index in [1.54, 1.807) is 18.4 Å². The maximum absolute atomic E-state index is 12.2. The highest BCUT2D eigenvalue weighted by Gasteiger charge is 2.39. The molecule has 5 nitrogen and oxygen atoms in total.